The van der Waals surface area contributed by atoms with Crippen LogP contribution in [0.2, 0.25) is 5.02 Å². The molecule has 0 amide bonds. The Kier molecular flexibility index (Phi) is 4.19. The molecule has 1 aromatic carbocycles. The van der Waals surface area contributed by atoms with E-state index in [4.69, 9.17) is 20.4 Å². The molecule has 3 aliphatic rings. The summed E-state index contributed by atoms with van der Waals surface area (Å²) in [6, 6.07) is 9.68. The normalized spacial score (nSPS) is 28.8. The molecule has 6 rings (SSSR count). The van der Waals surface area contributed by atoms with E-state index in [2.05, 4.69) is 16.9 Å². The lowest BCUT2D eigenvalue weighted by molar-refractivity contribution is -0.0226. The minimum atomic E-state index is -1.01. The van der Waals surface area contributed by atoms with Gasteiger partial charge in [-0.15, -0.1) is 0 Å². The molecule has 3 saturated carbocycles. The van der Waals surface area contributed by atoms with Gasteiger partial charge in [0.05, 0.1) is 16.5 Å². The first-order valence-corrected chi connectivity index (χ1v) is 12.1. The summed E-state index contributed by atoms with van der Waals surface area (Å²) in [7, 11) is -1.01. The molecule has 5 nitrogen and oxygen atoms in total. The molecule has 3 aliphatic carbocycles. The third kappa shape index (κ3) is 3.21. The highest BCUT2D eigenvalue weighted by molar-refractivity contribution is 7.85. The van der Waals surface area contributed by atoms with Crippen molar-refractivity contribution in [2.45, 2.75) is 60.8 Å². The van der Waals surface area contributed by atoms with Crippen molar-refractivity contribution in [2.75, 3.05) is 0 Å². The number of benzene rings is 1. The number of oxazole rings is 1. The van der Waals surface area contributed by atoms with Crippen LogP contribution in [-0.4, -0.2) is 20.5 Å². The van der Waals surface area contributed by atoms with Gasteiger partial charge in [-0.2, -0.15) is 0 Å². The SMILES string of the molecule is C=C(NC1CC2(C1)CC(c1nc3cc(Cl)ccc3o1)C2)c1ccc(S(=O)C2CC2)o1. The maximum Gasteiger partial charge on any atom is 0.198 e. The highest BCUT2D eigenvalue weighted by Gasteiger charge is 2.54. The summed E-state index contributed by atoms with van der Waals surface area (Å²) in [6.07, 6.45) is 6.54. The van der Waals surface area contributed by atoms with Crippen molar-refractivity contribution in [3.8, 4) is 0 Å². The molecule has 1 spiro atoms. The molecule has 2 heterocycles. The minimum Gasteiger partial charge on any atom is -0.446 e. The van der Waals surface area contributed by atoms with Crippen molar-refractivity contribution in [3.63, 3.8) is 0 Å². The highest BCUT2D eigenvalue weighted by atomic mass is 35.5. The second-order valence-electron chi connectivity index (χ2n) is 9.11. The van der Waals surface area contributed by atoms with Crippen LogP contribution in [0.4, 0.5) is 0 Å². The van der Waals surface area contributed by atoms with Crippen molar-refractivity contribution in [2.24, 2.45) is 5.41 Å². The molecule has 0 bridgehead atoms. The van der Waals surface area contributed by atoms with E-state index in [9.17, 15) is 4.21 Å². The molecule has 1 N–H and O–H groups in total. The summed E-state index contributed by atoms with van der Waals surface area (Å²) < 4.78 is 24.0. The monoisotopic (exact) mass is 442 g/mol. The molecule has 2 aromatic heterocycles. The largest absolute Gasteiger partial charge is 0.446 e. The number of nitrogens with one attached hydrogen (secondary N) is 1. The first-order valence-electron chi connectivity index (χ1n) is 10.5. The Morgan fingerprint density at radius 3 is 2.73 bits per heavy atom. The second kappa shape index (κ2) is 6.72. The minimum absolute atomic E-state index is 0.279. The first-order chi connectivity index (χ1) is 14.5. The molecular weight excluding hydrogens is 420 g/mol. The molecule has 0 radical (unpaired) electrons. The van der Waals surface area contributed by atoms with Gasteiger partial charge in [0, 0.05) is 22.2 Å². The van der Waals surface area contributed by atoms with Gasteiger partial charge in [0.15, 0.2) is 22.3 Å². The van der Waals surface area contributed by atoms with Gasteiger partial charge in [-0.1, -0.05) is 18.2 Å². The van der Waals surface area contributed by atoms with Crippen LogP contribution in [0.5, 0.6) is 0 Å². The maximum absolute atomic E-state index is 12.2. The lowest BCUT2D eigenvalue weighted by Crippen LogP contribution is -2.53. The van der Waals surface area contributed by atoms with Gasteiger partial charge >= 0.3 is 0 Å². The molecule has 3 fully saturated rings. The van der Waals surface area contributed by atoms with Crippen LogP contribution < -0.4 is 5.32 Å². The number of halogens is 1. The van der Waals surface area contributed by atoms with Crippen molar-refractivity contribution >= 4 is 39.2 Å². The Bertz CT molecular complexity index is 1160. The molecule has 156 valence electrons. The number of aromatic nitrogens is 1. The lowest BCUT2D eigenvalue weighted by Gasteiger charge is -2.57. The van der Waals surface area contributed by atoms with Gasteiger partial charge in [0.1, 0.15) is 5.52 Å². The van der Waals surface area contributed by atoms with Gasteiger partial charge in [-0.3, -0.25) is 4.21 Å². The Morgan fingerprint density at radius 2 is 1.97 bits per heavy atom. The number of rotatable bonds is 6. The zero-order chi connectivity index (χ0) is 20.5. The molecular formula is C23H23ClN2O3S. The molecule has 1 atom stereocenters. The van der Waals surface area contributed by atoms with E-state index in [0.29, 0.717) is 33.2 Å². The van der Waals surface area contributed by atoms with Crippen molar-refractivity contribution in [3.05, 3.63) is 53.6 Å². The van der Waals surface area contributed by atoms with Gasteiger partial charge < -0.3 is 14.2 Å². The van der Waals surface area contributed by atoms with E-state index in [-0.39, 0.29) is 5.25 Å². The van der Waals surface area contributed by atoms with Crippen molar-refractivity contribution < 1.29 is 13.0 Å². The van der Waals surface area contributed by atoms with E-state index >= 15 is 0 Å². The van der Waals surface area contributed by atoms with Gasteiger partial charge in [0.25, 0.3) is 0 Å². The van der Waals surface area contributed by atoms with Crippen molar-refractivity contribution in [1.29, 1.82) is 0 Å². The van der Waals surface area contributed by atoms with Crippen LogP contribution in [0.3, 0.4) is 0 Å². The lowest BCUT2D eigenvalue weighted by atomic mass is 9.50. The van der Waals surface area contributed by atoms with Crippen LogP contribution >= 0.6 is 11.6 Å². The molecule has 3 aromatic rings. The van der Waals surface area contributed by atoms with E-state index in [1.165, 1.54) is 0 Å². The van der Waals surface area contributed by atoms with Crippen LogP contribution in [0.25, 0.3) is 16.8 Å². The fourth-order valence-corrected chi connectivity index (χ4v) is 6.46. The third-order valence-electron chi connectivity index (χ3n) is 6.72. The maximum atomic E-state index is 12.2. The number of hydrogen-bond acceptors (Lipinski definition) is 5. The van der Waals surface area contributed by atoms with Crippen LogP contribution in [0, 0.1) is 5.41 Å². The van der Waals surface area contributed by atoms with E-state index in [1.54, 1.807) is 0 Å². The highest BCUT2D eigenvalue weighted by Crippen LogP contribution is 2.62. The average Bonchev–Trinajstić information content (AvgIpc) is 3.24. The number of nitrogens with zero attached hydrogens (tertiary/aromatic N) is 1. The van der Waals surface area contributed by atoms with E-state index in [1.807, 2.05) is 30.3 Å². The summed E-state index contributed by atoms with van der Waals surface area (Å²) in [4.78, 5) is 4.64. The Hall–Kier alpha value is -2.05. The standard InChI is InChI=1S/C23H23ClN2O3S/c1-13(19-6-7-21(28-19)30(27)17-3-4-17)25-16-11-23(12-16)9-14(10-23)22-26-18-8-15(24)2-5-20(18)29-22/h2,5-8,14,16-17,25H,1,3-4,9-12H2. The fraction of sp³-hybridized carbons (Fsp3) is 0.435. The van der Waals surface area contributed by atoms with E-state index < -0.39 is 10.8 Å². The quantitative estimate of drug-likeness (QED) is 0.535. The summed E-state index contributed by atoms with van der Waals surface area (Å²) in [5, 5.41) is 5.03. The average molecular weight is 443 g/mol. The van der Waals surface area contributed by atoms with Gasteiger partial charge in [-0.25, -0.2) is 4.98 Å². The zero-order valence-electron chi connectivity index (χ0n) is 16.5. The summed E-state index contributed by atoms with van der Waals surface area (Å²) in [5.41, 5.74) is 2.81. The smallest absolute Gasteiger partial charge is 0.198 e. The zero-order valence-corrected chi connectivity index (χ0v) is 18.1. The number of fused-ring (bicyclic) bond motifs is 1. The summed E-state index contributed by atoms with van der Waals surface area (Å²) >= 11 is 6.05. The fourth-order valence-electron chi connectivity index (χ4n) is 5.03. The first kappa shape index (κ1) is 18.7. The van der Waals surface area contributed by atoms with Crippen molar-refractivity contribution in [1.82, 2.24) is 10.3 Å². The molecule has 0 aliphatic heterocycles. The number of hydrogen-bond donors (Lipinski definition) is 1. The Morgan fingerprint density at radius 1 is 1.17 bits per heavy atom. The van der Waals surface area contributed by atoms with Gasteiger partial charge in [-0.05, 0) is 74.3 Å². The molecule has 1 unspecified atom stereocenters. The molecule has 0 saturated heterocycles. The topological polar surface area (TPSA) is 68.3 Å². The summed E-state index contributed by atoms with van der Waals surface area (Å²) in [5.74, 6) is 1.92. The molecule has 7 heteroatoms. The van der Waals surface area contributed by atoms with E-state index in [0.717, 1.165) is 61.2 Å². The Labute approximate surface area is 182 Å². The number of furan rings is 1. The van der Waals surface area contributed by atoms with Crippen LogP contribution in [0.1, 0.15) is 56.1 Å². The molecule has 30 heavy (non-hydrogen) atoms. The van der Waals surface area contributed by atoms with Crippen LogP contribution in [0.15, 0.2) is 50.8 Å². The summed E-state index contributed by atoms with van der Waals surface area (Å²) in [6.45, 7) is 4.13. The third-order valence-corrected chi connectivity index (χ3v) is 8.64. The second-order valence-corrected chi connectivity index (χ2v) is 11.2. The van der Waals surface area contributed by atoms with Crippen LogP contribution in [-0.2, 0) is 10.8 Å². The predicted octanol–water partition coefficient (Wildman–Crippen LogP) is 5.63. The Balaban J connectivity index is 1.03. The predicted molar refractivity (Wildman–Crippen MR) is 117 cm³/mol. The van der Waals surface area contributed by atoms with Gasteiger partial charge in [0.2, 0.25) is 0 Å².